The van der Waals surface area contributed by atoms with Gasteiger partial charge in [-0.1, -0.05) is 11.6 Å². The molecule has 0 unspecified atom stereocenters. The third-order valence-corrected chi connectivity index (χ3v) is 3.60. The van der Waals surface area contributed by atoms with Crippen molar-refractivity contribution in [2.24, 2.45) is 0 Å². The Bertz CT molecular complexity index is 758. The summed E-state index contributed by atoms with van der Waals surface area (Å²) in [5.41, 5.74) is 1.93. The van der Waals surface area contributed by atoms with E-state index in [1.807, 2.05) is 18.2 Å². The number of H-pyrrole nitrogens is 1. The predicted octanol–water partition coefficient (Wildman–Crippen LogP) is 4.01. The van der Waals surface area contributed by atoms with Crippen LogP contribution in [0.15, 0.2) is 24.5 Å². The Morgan fingerprint density at radius 3 is 2.84 bits per heavy atom. The number of halogens is 3. The third-order valence-electron chi connectivity index (χ3n) is 2.44. The maximum Gasteiger partial charge on any atom is 0.226 e. The van der Waals surface area contributed by atoms with E-state index in [-0.39, 0.29) is 5.28 Å². The molecule has 3 aromatic rings. The number of anilines is 2. The zero-order valence-corrected chi connectivity index (χ0v) is 13.0. The first-order valence-corrected chi connectivity index (χ1v) is 7.05. The first kappa shape index (κ1) is 12.9. The Balaban J connectivity index is 2.07. The van der Waals surface area contributed by atoms with Gasteiger partial charge in [-0.05, 0) is 52.4 Å². The third kappa shape index (κ3) is 2.60. The summed E-state index contributed by atoms with van der Waals surface area (Å²) in [7, 11) is 0. The fourth-order valence-electron chi connectivity index (χ4n) is 1.62. The number of fused-ring (bicyclic) bond motifs is 1. The summed E-state index contributed by atoms with van der Waals surface area (Å²) in [6, 6.07) is 5.68. The van der Waals surface area contributed by atoms with Crippen molar-refractivity contribution in [1.29, 1.82) is 0 Å². The number of nitrogens with one attached hydrogen (secondary N) is 2. The number of hydrogen-bond acceptors (Lipinski definition) is 4. The lowest BCUT2D eigenvalue weighted by Crippen LogP contribution is -1.98. The average molecular weight is 406 g/mol. The molecule has 96 valence electrons. The van der Waals surface area contributed by atoms with Crippen LogP contribution in [0.4, 0.5) is 11.5 Å². The Hall–Kier alpha value is -1.12. The molecule has 0 fully saturated rings. The van der Waals surface area contributed by atoms with E-state index in [0.717, 1.165) is 9.26 Å². The van der Waals surface area contributed by atoms with Gasteiger partial charge in [0.05, 0.1) is 17.0 Å². The van der Waals surface area contributed by atoms with Crippen LogP contribution in [0.2, 0.25) is 10.3 Å². The molecule has 3 rings (SSSR count). The average Bonchev–Trinajstić information content (AvgIpc) is 2.80. The van der Waals surface area contributed by atoms with Crippen LogP contribution in [0.3, 0.4) is 0 Å². The lowest BCUT2D eigenvalue weighted by Gasteiger charge is -2.08. The molecule has 0 saturated carbocycles. The van der Waals surface area contributed by atoms with Gasteiger partial charge in [-0.15, -0.1) is 0 Å². The number of rotatable bonds is 2. The molecular formula is C11H6Cl2IN5. The van der Waals surface area contributed by atoms with E-state index in [9.17, 15) is 0 Å². The van der Waals surface area contributed by atoms with Crippen LogP contribution < -0.4 is 5.32 Å². The molecule has 19 heavy (non-hydrogen) atoms. The summed E-state index contributed by atoms with van der Waals surface area (Å²) in [6.07, 6.45) is 1.54. The van der Waals surface area contributed by atoms with Gasteiger partial charge in [0.15, 0.2) is 11.5 Å². The number of hydrogen-bond donors (Lipinski definition) is 2. The Kier molecular flexibility index (Phi) is 3.46. The molecule has 0 saturated heterocycles. The zero-order chi connectivity index (χ0) is 13.4. The van der Waals surface area contributed by atoms with Crippen molar-refractivity contribution in [3.8, 4) is 0 Å². The first-order valence-electron chi connectivity index (χ1n) is 5.22. The summed E-state index contributed by atoms with van der Waals surface area (Å²) < 4.78 is 1.06. The van der Waals surface area contributed by atoms with Gasteiger partial charge in [-0.3, -0.25) is 0 Å². The van der Waals surface area contributed by atoms with Gasteiger partial charge in [0.1, 0.15) is 5.52 Å². The smallest absolute Gasteiger partial charge is 0.226 e. The van der Waals surface area contributed by atoms with Crippen LogP contribution in [0, 0.1) is 3.57 Å². The van der Waals surface area contributed by atoms with Crippen LogP contribution in [-0.2, 0) is 0 Å². The minimum Gasteiger partial charge on any atom is -0.340 e. The van der Waals surface area contributed by atoms with Crippen molar-refractivity contribution >= 4 is 68.5 Å². The lowest BCUT2D eigenvalue weighted by atomic mass is 10.3. The zero-order valence-electron chi connectivity index (χ0n) is 9.28. The molecule has 0 radical (unpaired) electrons. The number of benzene rings is 1. The van der Waals surface area contributed by atoms with Gasteiger partial charge in [-0.25, -0.2) is 4.98 Å². The van der Waals surface area contributed by atoms with E-state index in [4.69, 9.17) is 23.2 Å². The number of imidazole rings is 1. The molecule has 2 heterocycles. The number of aromatic nitrogens is 4. The summed E-state index contributed by atoms with van der Waals surface area (Å²) in [4.78, 5) is 15.2. The van der Waals surface area contributed by atoms with Crippen molar-refractivity contribution in [3.63, 3.8) is 0 Å². The minimum absolute atomic E-state index is 0.128. The van der Waals surface area contributed by atoms with Crippen LogP contribution in [-0.4, -0.2) is 19.9 Å². The molecule has 0 aliphatic rings. The van der Waals surface area contributed by atoms with Crippen LogP contribution in [0.25, 0.3) is 11.2 Å². The van der Waals surface area contributed by atoms with E-state index in [2.05, 4.69) is 47.8 Å². The van der Waals surface area contributed by atoms with E-state index >= 15 is 0 Å². The second-order valence-electron chi connectivity index (χ2n) is 3.69. The first-order chi connectivity index (χ1) is 9.13. The van der Waals surface area contributed by atoms with E-state index in [1.54, 1.807) is 0 Å². The lowest BCUT2D eigenvalue weighted by molar-refractivity contribution is 1.20. The summed E-state index contributed by atoms with van der Waals surface area (Å²) in [5, 5.41) is 3.86. The molecule has 1 aromatic carbocycles. The van der Waals surface area contributed by atoms with E-state index in [0.29, 0.717) is 22.0 Å². The highest BCUT2D eigenvalue weighted by Gasteiger charge is 2.10. The summed E-state index contributed by atoms with van der Waals surface area (Å²) in [6.45, 7) is 0. The second kappa shape index (κ2) is 5.10. The maximum absolute atomic E-state index is 6.17. The van der Waals surface area contributed by atoms with Gasteiger partial charge in [0, 0.05) is 3.57 Å². The number of nitrogens with zero attached hydrogens (tertiary/aromatic N) is 3. The molecule has 0 atom stereocenters. The fraction of sp³-hybridized carbons (Fsp3) is 0. The fourth-order valence-corrected chi connectivity index (χ4v) is 2.68. The van der Waals surface area contributed by atoms with Crippen molar-refractivity contribution < 1.29 is 0 Å². The summed E-state index contributed by atoms with van der Waals surface area (Å²) in [5.74, 6) is 0.538. The molecule has 2 N–H and O–H groups in total. The second-order valence-corrected chi connectivity index (χ2v) is 5.68. The van der Waals surface area contributed by atoms with Crippen LogP contribution >= 0.6 is 45.8 Å². The SMILES string of the molecule is Clc1nc(Nc2ccc(I)cc2Cl)c2[nH]cnc2n1. The Morgan fingerprint density at radius 2 is 2.05 bits per heavy atom. The van der Waals surface area contributed by atoms with E-state index < -0.39 is 0 Å². The molecule has 0 bridgehead atoms. The molecular weight excluding hydrogens is 400 g/mol. The van der Waals surface area contributed by atoms with Crippen LogP contribution in [0.5, 0.6) is 0 Å². The van der Waals surface area contributed by atoms with E-state index in [1.165, 1.54) is 6.33 Å². The van der Waals surface area contributed by atoms with Crippen molar-refractivity contribution in [3.05, 3.63) is 38.4 Å². The Labute approximate surface area is 131 Å². The van der Waals surface area contributed by atoms with Gasteiger partial charge >= 0.3 is 0 Å². The highest BCUT2D eigenvalue weighted by Crippen LogP contribution is 2.29. The summed E-state index contributed by atoms with van der Waals surface area (Å²) >= 11 is 14.2. The van der Waals surface area contributed by atoms with Crippen LogP contribution in [0.1, 0.15) is 0 Å². The molecule has 8 heteroatoms. The van der Waals surface area contributed by atoms with Gasteiger partial charge in [0.25, 0.3) is 0 Å². The Morgan fingerprint density at radius 1 is 1.21 bits per heavy atom. The highest BCUT2D eigenvalue weighted by atomic mass is 127. The van der Waals surface area contributed by atoms with Crippen molar-refractivity contribution in [2.75, 3.05) is 5.32 Å². The molecule has 5 nitrogen and oxygen atoms in total. The molecule has 0 amide bonds. The predicted molar refractivity (Wildman–Crippen MR) is 84.1 cm³/mol. The maximum atomic E-state index is 6.17. The van der Waals surface area contributed by atoms with Crippen molar-refractivity contribution in [1.82, 2.24) is 19.9 Å². The monoisotopic (exact) mass is 405 g/mol. The standard InChI is InChI=1S/C11H6Cl2IN5/c12-6-3-5(14)1-2-7(6)17-10-8-9(16-4-15-8)18-11(13)19-10/h1-4H,(H2,15,16,17,18,19). The normalized spacial score (nSPS) is 10.9. The van der Waals surface area contributed by atoms with Gasteiger partial charge < -0.3 is 10.3 Å². The topological polar surface area (TPSA) is 66.5 Å². The van der Waals surface area contributed by atoms with Crippen molar-refractivity contribution in [2.45, 2.75) is 0 Å². The highest BCUT2D eigenvalue weighted by molar-refractivity contribution is 14.1. The minimum atomic E-state index is 0.128. The van der Waals surface area contributed by atoms with Gasteiger partial charge in [0.2, 0.25) is 5.28 Å². The molecule has 0 spiro atoms. The molecule has 0 aliphatic heterocycles. The number of aromatic amines is 1. The molecule has 2 aromatic heterocycles. The van der Waals surface area contributed by atoms with Gasteiger partial charge in [-0.2, -0.15) is 9.97 Å². The largest absolute Gasteiger partial charge is 0.340 e. The quantitative estimate of drug-likeness (QED) is 0.499. The molecule has 0 aliphatic carbocycles.